The van der Waals surface area contributed by atoms with Gasteiger partial charge in [-0.25, -0.2) is 0 Å². The summed E-state index contributed by atoms with van der Waals surface area (Å²) in [7, 11) is -3.30. The summed E-state index contributed by atoms with van der Waals surface area (Å²) in [6.45, 7) is 1.80. The molecule has 2 nitrogen and oxygen atoms in total. The van der Waals surface area contributed by atoms with E-state index >= 15 is 0 Å². The zero-order valence-corrected chi connectivity index (χ0v) is 8.35. The SMILES string of the molecule is Cc1ccccc1P(=O)(O)CCl. The summed E-state index contributed by atoms with van der Waals surface area (Å²) in [4.78, 5) is 9.40. The van der Waals surface area contributed by atoms with E-state index in [-0.39, 0.29) is 5.62 Å². The molecule has 1 atom stereocenters. The maximum Gasteiger partial charge on any atom is 0.244 e. The Morgan fingerprint density at radius 2 is 2.08 bits per heavy atom. The lowest BCUT2D eigenvalue weighted by atomic mass is 10.2. The summed E-state index contributed by atoms with van der Waals surface area (Å²) in [6, 6.07) is 6.99. The van der Waals surface area contributed by atoms with Crippen LogP contribution < -0.4 is 5.30 Å². The average Bonchev–Trinajstić information content (AvgIpc) is 2.05. The monoisotopic (exact) mass is 204 g/mol. The zero-order chi connectivity index (χ0) is 9.19. The van der Waals surface area contributed by atoms with Gasteiger partial charge in [-0.15, -0.1) is 11.6 Å². The first-order valence-electron chi connectivity index (χ1n) is 3.52. The van der Waals surface area contributed by atoms with Gasteiger partial charge in [0.25, 0.3) is 0 Å². The first kappa shape index (κ1) is 9.79. The highest BCUT2D eigenvalue weighted by molar-refractivity contribution is 7.67. The van der Waals surface area contributed by atoms with Crippen molar-refractivity contribution in [3.05, 3.63) is 29.8 Å². The van der Waals surface area contributed by atoms with Crippen LogP contribution in [0.3, 0.4) is 0 Å². The lowest BCUT2D eigenvalue weighted by Gasteiger charge is -2.10. The minimum absolute atomic E-state index is 0.224. The fraction of sp³-hybridized carbons (Fsp3) is 0.250. The lowest BCUT2D eigenvalue weighted by Crippen LogP contribution is -2.08. The van der Waals surface area contributed by atoms with Crippen LogP contribution in [0.5, 0.6) is 0 Å². The minimum atomic E-state index is -3.30. The average molecular weight is 205 g/mol. The first-order valence-corrected chi connectivity index (χ1v) is 5.90. The van der Waals surface area contributed by atoms with E-state index in [9.17, 15) is 9.46 Å². The van der Waals surface area contributed by atoms with Crippen molar-refractivity contribution in [2.45, 2.75) is 6.92 Å². The molecule has 0 fully saturated rings. The summed E-state index contributed by atoms with van der Waals surface area (Å²) in [6.07, 6.45) is 0. The number of aryl methyl sites for hydroxylation is 1. The molecule has 0 aliphatic heterocycles. The summed E-state index contributed by atoms with van der Waals surface area (Å²) in [5.74, 6) is 0. The molecule has 1 N–H and O–H groups in total. The molecular weight excluding hydrogens is 195 g/mol. The highest BCUT2D eigenvalue weighted by Gasteiger charge is 2.20. The van der Waals surface area contributed by atoms with Gasteiger partial charge in [-0.2, -0.15) is 0 Å². The molecule has 0 amide bonds. The van der Waals surface area contributed by atoms with Crippen LogP contribution in [0.1, 0.15) is 5.56 Å². The summed E-state index contributed by atoms with van der Waals surface area (Å²) >= 11 is 5.39. The maximum atomic E-state index is 11.4. The molecule has 1 aromatic carbocycles. The molecule has 0 bridgehead atoms. The van der Waals surface area contributed by atoms with Gasteiger partial charge in [0.05, 0.1) is 0 Å². The molecule has 0 aliphatic carbocycles. The number of benzene rings is 1. The second-order valence-corrected chi connectivity index (χ2v) is 5.45. The van der Waals surface area contributed by atoms with Crippen molar-refractivity contribution in [1.82, 2.24) is 0 Å². The Bertz CT molecular complexity index is 325. The number of alkyl halides is 1. The quantitative estimate of drug-likeness (QED) is 0.592. The van der Waals surface area contributed by atoms with E-state index in [0.29, 0.717) is 5.30 Å². The largest absolute Gasteiger partial charge is 0.340 e. The van der Waals surface area contributed by atoms with Crippen molar-refractivity contribution >= 4 is 24.3 Å². The van der Waals surface area contributed by atoms with Crippen LogP contribution in [0.2, 0.25) is 0 Å². The molecule has 0 saturated carbocycles. The van der Waals surface area contributed by atoms with Gasteiger partial charge in [-0.05, 0) is 18.6 Å². The Morgan fingerprint density at radius 1 is 1.50 bits per heavy atom. The Hall–Kier alpha value is -0.300. The highest BCUT2D eigenvalue weighted by atomic mass is 35.5. The smallest absolute Gasteiger partial charge is 0.244 e. The van der Waals surface area contributed by atoms with Gasteiger partial charge in [0.2, 0.25) is 7.37 Å². The summed E-state index contributed by atoms with van der Waals surface area (Å²) in [5, 5.41) is 0.458. The van der Waals surface area contributed by atoms with Crippen LogP contribution in [0.15, 0.2) is 24.3 Å². The molecular formula is C8H10ClO2P. The van der Waals surface area contributed by atoms with E-state index in [4.69, 9.17) is 11.6 Å². The molecule has 1 rings (SSSR count). The second kappa shape index (κ2) is 3.61. The van der Waals surface area contributed by atoms with E-state index in [2.05, 4.69) is 0 Å². The van der Waals surface area contributed by atoms with E-state index in [1.165, 1.54) is 0 Å². The van der Waals surface area contributed by atoms with Crippen LogP contribution in [-0.2, 0) is 4.57 Å². The topological polar surface area (TPSA) is 37.3 Å². The van der Waals surface area contributed by atoms with Crippen molar-refractivity contribution in [2.24, 2.45) is 0 Å². The summed E-state index contributed by atoms with van der Waals surface area (Å²) in [5.41, 5.74) is 0.585. The fourth-order valence-corrected chi connectivity index (χ4v) is 2.48. The van der Waals surface area contributed by atoms with Crippen LogP contribution >= 0.6 is 19.0 Å². The zero-order valence-electron chi connectivity index (χ0n) is 6.70. The number of halogens is 1. The van der Waals surface area contributed by atoms with Crippen LogP contribution in [0.25, 0.3) is 0 Å². The molecule has 0 saturated heterocycles. The molecule has 1 aromatic rings. The van der Waals surface area contributed by atoms with Gasteiger partial charge in [0.15, 0.2) is 0 Å². The van der Waals surface area contributed by atoms with Crippen LogP contribution in [0, 0.1) is 6.92 Å². The van der Waals surface area contributed by atoms with Gasteiger partial charge in [-0.3, -0.25) is 4.57 Å². The van der Waals surface area contributed by atoms with E-state index in [0.717, 1.165) is 5.56 Å². The Kier molecular flexibility index (Phi) is 2.94. The maximum absolute atomic E-state index is 11.4. The number of hydrogen-bond donors (Lipinski definition) is 1. The third-order valence-electron chi connectivity index (χ3n) is 1.65. The van der Waals surface area contributed by atoms with Gasteiger partial charge < -0.3 is 4.89 Å². The van der Waals surface area contributed by atoms with Crippen molar-refractivity contribution in [1.29, 1.82) is 0 Å². The van der Waals surface area contributed by atoms with Gasteiger partial charge in [-0.1, -0.05) is 18.2 Å². The van der Waals surface area contributed by atoms with Crippen molar-refractivity contribution in [3.63, 3.8) is 0 Å². The van der Waals surface area contributed by atoms with Gasteiger partial charge in [0, 0.05) is 5.30 Å². The lowest BCUT2D eigenvalue weighted by molar-refractivity contribution is 0.494. The third-order valence-corrected chi connectivity index (χ3v) is 4.20. The fourth-order valence-electron chi connectivity index (χ4n) is 1.02. The minimum Gasteiger partial charge on any atom is -0.340 e. The standard InChI is InChI=1S/C8H10ClO2P/c1-7-4-2-3-5-8(7)12(10,11)6-9/h2-5H,6H2,1H3,(H,10,11). The van der Waals surface area contributed by atoms with Crippen LogP contribution in [-0.4, -0.2) is 10.5 Å². The van der Waals surface area contributed by atoms with Crippen molar-refractivity contribution in [3.8, 4) is 0 Å². The second-order valence-electron chi connectivity index (χ2n) is 2.61. The predicted octanol–water partition coefficient (Wildman–Crippen LogP) is 2.09. The van der Waals surface area contributed by atoms with E-state index in [1.807, 2.05) is 6.07 Å². The molecule has 0 aromatic heterocycles. The van der Waals surface area contributed by atoms with Crippen molar-refractivity contribution in [2.75, 3.05) is 5.62 Å². The molecule has 0 spiro atoms. The van der Waals surface area contributed by atoms with Gasteiger partial charge in [0.1, 0.15) is 5.62 Å². The van der Waals surface area contributed by atoms with Crippen molar-refractivity contribution < 1.29 is 9.46 Å². The Morgan fingerprint density at radius 3 is 2.58 bits per heavy atom. The van der Waals surface area contributed by atoms with E-state index < -0.39 is 7.37 Å². The number of rotatable bonds is 2. The number of hydrogen-bond acceptors (Lipinski definition) is 1. The Labute approximate surface area is 76.6 Å². The molecule has 1 unspecified atom stereocenters. The van der Waals surface area contributed by atoms with Crippen LogP contribution in [0.4, 0.5) is 0 Å². The molecule has 0 heterocycles. The molecule has 4 heteroatoms. The molecule has 66 valence electrons. The normalized spacial score (nSPS) is 15.6. The first-order chi connectivity index (χ1) is 5.58. The molecule has 0 radical (unpaired) electrons. The highest BCUT2D eigenvalue weighted by Crippen LogP contribution is 2.40. The summed E-state index contributed by atoms with van der Waals surface area (Å²) < 4.78 is 11.4. The molecule has 12 heavy (non-hydrogen) atoms. The van der Waals surface area contributed by atoms with Gasteiger partial charge >= 0.3 is 0 Å². The van der Waals surface area contributed by atoms with E-state index in [1.54, 1.807) is 25.1 Å². The Balaban J connectivity index is 3.20. The predicted molar refractivity (Wildman–Crippen MR) is 51.4 cm³/mol. The third kappa shape index (κ3) is 1.89. The molecule has 0 aliphatic rings.